The maximum Gasteiger partial charge on any atom is 0.245 e. The highest BCUT2D eigenvalue weighted by Crippen LogP contribution is 2.22. The van der Waals surface area contributed by atoms with Crippen LogP contribution in [0.5, 0.6) is 0 Å². The van der Waals surface area contributed by atoms with E-state index in [1.807, 2.05) is 45.9 Å². The summed E-state index contributed by atoms with van der Waals surface area (Å²) in [5.74, 6) is -0.398. The standard InChI is InChI=1S/C37H59N5O4S/c1-24(2)20-30(38-7)35(44)40(8)31(21-25(3)4)36(45)41(9)32(22-26(5)6)37(46)42(10)33(23-47)34(43)39-19-18-28-16-13-15-27-14-11-12-17-29(27)28/h11-17,24-26,30-33,38,47H,18-23H2,1-10H3,(H,39,43)/t30-,31-,32-,33-/m0/s1. The highest BCUT2D eigenvalue weighted by molar-refractivity contribution is 7.80. The van der Waals surface area contributed by atoms with Crippen LogP contribution in [0, 0.1) is 17.8 Å². The molecule has 0 saturated carbocycles. The maximum absolute atomic E-state index is 14.2. The number of likely N-dealkylation sites (N-methyl/N-ethyl adjacent to an activating group) is 4. The van der Waals surface area contributed by atoms with Gasteiger partial charge in [0.25, 0.3) is 0 Å². The van der Waals surface area contributed by atoms with Gasteiger partial charge in [-0.3, -0.25) is 19.2 Å². The lowest BCUT2D eigenvalue weighted by molar-refractivity contribution is -0.152. The van der Waals surface area contributed by atoms with Crippen LogP contribution in [0.15, 0.2) is 42.5 Å². The molecule has 0 aliphatic heterocycles. The van der Waals surface area contributed by atoms with E-state index in [9.17, 15) is 19.2 Å². The Bertz CT molecular complexity index is 1330. The van der Waals surface area contributed by atoms with Gasteiger partial charge in [-0.2, -0.15) is 12.6 Å². The summed E-state index contributed by atoms with van der Waals surface area (Å²) in [6, 6.07) is 11.5. The first kappa shape index (κ1) is 40.1. The van der Waals surface area contributed by atoms with Gasteiger partial charge in [0.15, 0.2) is 0 Å². The van der Waals surface area contributed by atoms with Crippen LogP contribution in [0.25, 0.3) is 10.8 Å². The first-order chi connectivity index (χ1) is 22.1. The van der Waals surface area contributed by atoms with E-state index in [0.717, 1.165) is 16.3 Å². The van der Waals surface area contributed by atoms with E-state index in [1.165, 1.54) is 9.80 Å². The van der Waals surface area contributed by atoms with Gasteiger partial charge < -0.3 is 25.3 Å². The number of hydrogen-bond donors (Lipinski definition) is 3. The molecule has 47 heavy (non-hydrogen) atoms. The van der Waals surface area contributed by atoms with Gasteiger partial charge in [-0.1, -0.05) is 84.0 Å². The molecule has 0 radical (unpaired) electrons. The summed E-state index contributed by atoms with van der Waals surface area (Å²) in [7, 11) is 6.67. The monoisotopic (exact) mass is 669 g/mol. The maximum atomic E-state index is 14.2. The number of hydrogen-bond acceptors (Lipinski definition) is 6. The van der Waals surface area contributed by atoms with E-state index < -0.39 is 24.2 Å². The molecule has 10 heteroatoms. The molecular weight excluding hydrogens is 611 g/mol. The Kier molecular flexibility index (Phi) is 16.2. The minimum Gasteiger partial charge on any atom is -0.354 e. The number of carbonyl (C=O) groups is 4. The van der Waals surface area contributed by atoms with E-state index in [0.29, 0.717) is 38.1 Å². The summed E-state index contributed by atoms with van der Waals surface area (Å²) in [5, 5.41) is 8.41. The summed E-state index contributed by atoms with van der Waals surface area (Å²) in [6.07, 6.45) is 2.16. The lowest BCUT2D eigenvalue weighted by Crippen LogP contribution is -2.59. The van der Waals surface area contributed by atoms with Crippen molar-refractivity contribution < 1.29 is 19.2 Å². The number of nitrogens with one attached hydrogen (secondary N) is 2. The molecule has 0 saturated heterocycles. The average Bonchev–Trinajstić information content (AvgIpc) is 3.03. The van der Waals surface area contributed by atoms with Crippen LogP contribution in [-0.4, -0.2) is 103 Å². The number of thiol groups is 1. The zero-order valence-corrected chi connectivity index (χ0v) is 31.1. The van der Waals surface area contributed by atoms with Crippen LogP contribution in [-0.2, 0) is 25.6 Å². The zero-order valence-electron chi connectivity index (χ0n) is 30.2. The third-order valence-electron chi connectivity index (χ3n) is 8.81. The van der Waals surface area contributed by atoms with Gasteiger partial charge in [-0.25, -0.2) is 0 Å². The smallest absolute Gasteiger partial charge is 0.245 e. The minimum absolute atomic E-state index is 0.0965. The molecule has 4 amide bonds. The van der Waals surface area contributed by atoms with E-state index in [2.05, 4.69) is 61.4 Å². The summed E-state index contributed by atoms with van der Waals surface area (Å²) >= 11 is 4.45. The van der Waals surface area contributed by atoms with Crippen LogP contribution in [0.4, 0.5) is 0 Å². The molecule has 0 spiro atoms. The van der Waals surface area contributed by atoms with Crippen molar-refractivity contribution in [3.05, 3.63) is 48.0 Å². The predicted molar refractivity (Wildman–Crippen MR) is 195 cm³/mol. The number of fused-ring (bicyclic) bond motifs is 1. The fourth-order valence-corrected chi connectivity index (χ4v) is 6.47. The summed E-state index contributed by atoms with van der Waals surface area (Å²) in [4.78, 5) is 59.7. The second kappa shape index (κ2) is 19.0. The molecule has 9 nitrogen and oxygen atoms in total. The molecule has 0 bridgehead atoms. The van der Waals surface area contributed by atoms with E-state index in [-0.39, 0.29) is 41.2 Å². The molecule has 2 aromatic carbocycles. The average molecular weight is 670 g/mol. The lowest BCUT2D eigenvalue weighted by atomic mass is 9.96. The van der Waals surface area contributed by atoms with Crippen molar-refractivity contribution in [3.63, 3.8) is 0 Å². The summed E-state index contributed by atoms with van der Waals surface area (Å²) in [5.41, 5.74) is 1.14. The van der Waals surface area contributed by atoms with E-state index in [1.54, 1.807) is 33.1 Å². The van der Waals surface area contributed by atoms with Crippen molar-refractivity contribution >= 4 is 47.0 Å². The minimum atomic E-state index is -0.820. The number of benzene rings is 2. The molecule has 0 aliphatic rings. The third kappa shape index (κ3) is 11.2. The fourth-order valence-electron chi connectivity index (χ4n) is 6.06. The first-order valence-electron chi connectivity index (χ1n) is 17.0. The molecule has 0 aliphatic carbocycles. The van der Waals surface area contributed by atoms with Crippen LogP contribution in [0.2, 0.25) is 0 Å². The van der Waals surface area contributed by atoms with Crippen molar-refractivity contribution in [2.75, 3.05) is 40.5 Å². The van der Waals surface area contributed by atoms with Crippen molar-refractivity contribution in [1.82, 2.24) is 25.3 Å². The van der Waals surface area contributed by atoms with Crippen molar-refractivity contribution in [2.45, 2.75) is 91.4 Å². The van der Waals surface area contributed by atoms with E-state index >= 15 is 0 Å². The molecule has 0 unspecified atom stereocenters. The van der Waals surface area contributed by atoms with Crippen LogP contribution < -0.4 is 10.6 Å². The topological polar surface area (TPSA) is 102 Å². The number of nitrogens with zero attached hydrogens (tertiary/aromatic N) is 3. The Morgan fingerprint density at radius 2 is 1.17 bits per heavy atom. The lowest BCUT2D eigenvalue weighted by Gasteiger charge is -2.38. The van der Waals surface area contributed by atoms with Crippen LogP contribution in [0.1, 0.15) is 66.4 Å². The molecule has 0 aromatic heterocycles. The Morgan fingerprint density at radius 1 is 0.681 bits per heavy atom. The summed E-state index contributed by atoms with van der Waals surface area (Å²) < 4.78 is 0. The Hall–Kier alpha value is -3.11. The highest BCUT2D eigenvalue weighted by Gasteiger charge is 2.39. The zero-order chi connectivity index (χ0) is 35.4. The SMILES string of the molecule is CN[C@@H](CC(C)C)C(=O)N(C)[C@@H](CC(C)C)C(=O)N(C)[C@@H](CC(C)C)C(=O)N(C)[C@@H](CS)C(=O)NCCc1cccc2ccccc12. The summed E-state index contributed by atoms with van der Waals surface area (Å²) in [6.45, 7) is 12.6. The van der Waals surface area contributed by atoms with E-state index in [4.69, 9.17) is 0 Å². The Balaban J connectivity index is 2.24. The number of amides is 4. The molecule has 2 rings (SSSR count). The van der Waals surface area contributed by atoms with Crippen molar-refractivity contribution in [2.24, 2.45) is 17.8 Å². The van der Waals surface area contributed by atoms with Crippen LogP contribution >= 0.6 is 12.6 Å². The molecular formula is C37H59N5O4S. The Labute approximate surface area is 288 Å². The predicted octanol–water partition coefficient (Wildman–Crippen LogP) is 4.64. The van der Waals surface area contributed by atoms with Gasteiger partial charge in [0, 0.05) is 33.4 Å². The second-order valence-corrected chi connectivity index (χ2v) is 14.4. The van der Waals surface area contributed by atoms with Gasteiger partial charge in [-0.05, 0) is 66.8 Å². The molecule has 0 fully saturated rings. The fraction of sp³-hybridized carbons (Fsp3) is 0.622. The number of carbonyl (C=O) groups excluding carboxylic acids is 4. The van der Waals surface area contributed by atoms with Crippen molar-refractivity contribution in [3.8, 4) is 0 Å². The van der Waals surface area contributed by atoms with Gasteiger partial charge in [-0.15, -0.1) is 0 Å². The molecule has 2 N–H and O–H groups in total. The quantitative estimate of drug-likeness (QED) is 0.201. The second-order valence-electron chi connectivity index (χ2n) is 14.0. The van der Waals surface area contributed by atoms with Gasteiger partial charge >= 0.3 is 0 Å². The van der Waals surface area contributed by atoms with Gasteiger partial charge in [0.1, 0.15) is 18.1 Å². The molecule has 262 valence electrons. The van der Waals surface area contributed by atoms with Crippen molar-refractivity contribution in [1.29, 1.82) is 0 Å². The highest BCUT2D eigenvalue weighted by atomic mass is 32.1. The third-order valence-corrected chi connectivity index (χ3v) is 9.15. The van der Waals surface area contributed by atoms with Gasteiger partial charge in [0.05, 0.1) is 6.04 Å². The van der Waals surface area contributed by atoms with Crippen LogP contribution in [0.3, 0.4) is 0 Å². The largest absolute Gasteiger partial charge is 0.354 e. The first-order valence-corrected chi connectivity index (χ1v) is 17.6. The normalized spacial score (nSPS) is 14.2. The Morgan fingerprint density at radius 3 is 1.68 bits per heavy atom. The number of rotatable bonds is 18. The molecule has 0 heterocycles. The molecule has 4 atom stereocenters. The van der Waals surface area contributed by atoms with Gasteiger partial charge in [0.2, 0.25) is 23.6 Å². The molecule has 2 aromatic rings.